The number of rotatable bonds is 0. The quantitative estimate of drug-likeness (QED) is 0.570. The summed E-state index contributed by atoms with van der Waals surface area (Å²) in [5.41, 5.74) is 1.97. The summed E-state index contributed by atoms with van der Waals surface area (Å²) in [6.07, 6.45) is 3.59. The molecular weight excluding hydrogens is 146 g/mol. The summed E-state index contributed by atoms with van der Waals surface area (Å²) in [6, 6.07) is 0. The first-order valence-electron chi connectivity index (χ1n) is 4.91. The molecule has 0 aromatic rings. The molecule has 0 radical (unpaired) electrons. The minimum absolute atomic E-state index is 0.210. The molecule has 0 heterocycles. The van der Waals surface area contributed by atoms with Crippen molar-refractivity contribution in [1.29, 1.82) is 5.41 Å². The fraction of sp³-hybridized carbons (Fsp3) is 0.909. The highest BCUT2D eigenvalue weighted by molar-refractivity contribution is 5.92. The van der Waals surface area contributed by atoms with E-state index in [0.717, 1.165) is 12.1 Å². The van der Waals surface area contributed by atoms with Crippen molar-refractivity contribution >= 4 is 5.71 Å². The maximum Gasteiger partial charge on any atom is 0.0159 e. The van der Waals surface area contributed by atoms with E-state index in [2.05, 4.69) is 27.7 Å². The highest BCUT2D eigenvalue weighted by Gasteiger charge is 2.65. The van der Waals surface area contributed by atoms with Crippen molar-refractivity contribution in [2.45, 2.75) is 47.0 Å². The molecule has 0 saturated heterocycles. The molecule has 2 saturated carbocycles. The number of hydrogen-bond donors (Lipinski definition) is 1. The Labute approximate surface area is 75.1 Å². The van der Waals surface area contributed by atoms with Gasteiger partial charge in [0, 0.05) is 11.1 Å². The summed E-state index contributed by atoms with van der Waals surface area (Å²) in [4.78, 5) is 0. The van der Waals surface area contributed by atoms with Crippen LogP contribution in [0.25, 0.3) is 0 Å². The average Bonchev–Trinajstić information content (AvgIpc) is 2.18. The molecule has 2 rings (SSSR count). The average molecular weight is 165 g/mol. The SMILES string of the molecule is CC1(C)[C@]2(C)CC[C@@]1(C)C(=N)C2. The largest absolute Gasteiger partial charge is 0.309 e. The van der Waals surface area contributed by atoms with Crippen molar-refractivity contribution in [1.82, 2.24) is 0 Å². The first-order chi connectivity index (χ1) is 5.33. The van der Waals surface area contributed by atoms with E-state index in [1.54, 1.807) is 0 Å². The maximum absolute atomic E-state index is 8.01. The zero-order valence-electron chi connectivity index (χ0n) is 8.62. The van der Waals surface area contributed by atoms with Crippen molar-refractivity contribution in [3.63, 3.8) is 0 Å². The molecule has 0 aliphatic heterocycles. The van der Waals surface area contributed by atoms with Crippen LogP contribution in [0.3, 0.4) is 0 Å². The molecule has 2 aliphatic rings. The van der Waals surface area contributed by atoms with Crippen molar-refractivity contribution in [3.05, 3.63) is 0 Å². The fourth-order valence-electron chi connectivity index (χ4n) is 3.24. The lowest BCUT2D eigenvalue weighted by Crippen LogP contribution is -2.34. The summed E-state index contributed by atoms with van der Waals surface area (Å²) in [6.45, 7) is 9.34. The van der Waals surface area contributed by atoms with Gasteiger partial charge in [-0.1, -0.05) is 27.7 Å². The van der Waals surface area contributed by atoms with Crippen LogP contribution in [-0.4, -0.2) is 5.71 Å². The van der Waals surface area contributed by atoms with E-state index in [-0.39, 0.29) is 5.41 Å². The van der Waals surface area contributed by atoms with E-state index in [4.69, 9.17) is 5.41 Å². The van der Waals surface area contributed by atoms with E-state index in [1.165, 1.54) is 12.8 Å². The molecule has 2 atom stereocenters. The minimum atomic E-state index is 0.210. The van der Waals surface area contributed by atoms with Crippen LogP contribution in [-0.2, 0) is 0 Å². The first-order valence-corrected chi connectivity index (χ1v) is 4.91. The number of nitrogens with one attached hydrogen (secondary N) is 1. The molecule has 0 spiro atoms. The normalized spacial score (nSPS) is 50.2. The van der Waals surface area contributed by atoms with E-state index < -0.39 is 0 Å². The van der Waals surface area contributed by atoms with Crippen LogP contribution < -0.4 is 0 Å². The van der Waals surface area contributed by atoms with Crippen LogP contribution in [0.5, 0.6) is 0 Å². The molecule has 0 amide bonds. The topological polar surface area (TPSA) is 23.9 Å². The Hall–Kier alpha value is -0.330. The standard InChI is InChI=1S/C11H19N/c1-9(2)10(3)5-6-11(9,4)8(12)7-10/h12H,5-7H2,1-4H3/t10-,11+/m1/s1. The van der Waals surface area contributed by atoms with Gasteiger partial charge in [0.05, 0.1) is 0 Å². The van der Waals surface area contributed by atoms with Gasteiger partial charge in [0.1, 0.15) is 0 Å². The molecule has 1 nitrogen and oxygen atoms in total. The Kier molecular flexibility index (Phi) is 1.23. The van der Waals surface area contributed by atoms with Crippen molar-refractivity contribution in [3.8, 4) is 0 Å². The molecule has 68 valence electrons. The molecular formula is C11H19N. The van der Waals surface area contributed by atoms with Gasteiger partial charge in [-0.15, -0.1) is 0 Å². The second kappa shape index (κ2) is 1.78. The van der Waals surface area contributed by atoms with Gasteiger partial charge in [-0.05, 0) is 30.1 Å². The van der Waals surface area contributed by atoms with Crippen LogP contribution in [0.2, 0.25) is 0 Å². The zero-order chi connectivity index (χ0) is 9.20. The molecule has 0 aromatic carbocycles. The predicted molar refractivity (Wildman–Crippen MR) is 51.6 cm³/mol. The Bertz CT molecular complexity index is 254. The van der Waals surface area contributed by atoms with Gasteiger partial charge in [-0.2, -0.15) is 0 Å². The van der Waals surface area contributed by atoms with Gasteiger partial charge in [0.15, 0.2) is 0 Å². The fourth-order valence-corrected chi connectivity index (χ4v) is 3.24. The van der Waals surface area contributed by atoms with Crippen LogP contribution in [0.4, 0.5) is 0 Å². The molecule has 2 fully saturated rings. The summed E-state index contributed by atoms with van der Waals surface area (Å²) < 4.78 is 0. The minimum Gasteiger partial charge on any atom is -0.309 e. The van der Waals surface area contributed by atoms with Crippen LogP contribution in [0.1, 0.15) is 47.0 Å². The summed E-state index contributed by atoms with van der Waals surface area (Å²) >= 11 is 0. The maximum atomic E-state index is 8.01. The van der Waals surface area contributed by atoms with Crippen molar-refractivity contribution in [2.75, 3.05) is 0 Å². The van der Waals surface area contributed by atoms with Crippen LogP contribution in [0, 0.1) is 21.7 Å². The van der Waals surface area contributed by atoms with E-state index in [1.807, 2.05) is 0 Å². The lowest BCUT2D eigenvalue weighted by atomic mass is 9.66. The molecule has 1 N–H and O–H groups in total. The molecule has 0 unspecified atom stereocenters. The third-order valence-electron chi connectivity index (χ3n) is 5.30. The van der Waals surface area contributed by atoms with Crippen molar-refractivity contribution < 1.29 is 0 Å². The van der Waals surface area contributed by atoms with Crippen LogP contribution in [0.15, 0.2) is 0 Å². The monoisotopic (exact) mass is 165 g/mol. The van der Waals surface area contributed by atoms with E-state index >= 15 is 0 Å². The summed E-state index contributed by atoms with van der Waals surface area (Å²) in [5, 5.41) is 8.01. The predicted octanol–water partition coefficient (Wildman–Crippen LogP) is 3.24. The van der Waals surface area contributed by atoms with Gasteiger partial charge in [-0.3, -0.25) is 0 Å². The third-order valence-corrected chi connectivity index (χ3v) is 5.30. The first kappa shape index (κ1) is 8.28. The Morgan fingerprint density at radius 1 is 1.08 bits per heavy atom. The number of fused-ring (bicyclic) bond motifs is 2. The molecule has 1 heteroatoms. The molecule has 12 heavy (non-hydrogen) atoms. The summed E-state index contributed by atoms with van der Waals surface area (Å²) in [5.74, 6) is 0. The lowest BCUT2D eigenvalue weighted by molar-refractivity contribution is 0.111. The second-order valence-electron chi connectivity index (χ2n) is 5.67. The lowest BCUT2D eigenvalue weighted by Gasteiger charge is -2.38. The Morgan fingerprint density at radius 2 is 1.67 bits per heavy atom. The van der Waals surface area contributed by atoms with Gasteiger partial charge in [-0.25, -0.2) is 0 Å². The zero-order valence-corrected chi connectivity index (χ0v) is 8.62. The van der Waals surface area contributed by atoms with E-state index in [0.29, 0.717) is 10.8 Å². The van der Waals surface area contributed by atoms with Crippen LogP contribution >= 0.6 is 0 Å². The van der Waals surface area contributed by atoms with Gasteiger partial charge >= 0.3 is 0 Å². The Balaban J connectivity index is 2.56. The summed E-state index contributed by atoms with van der Waals surface area (Å²) in [7, 11) is 0. The van der Waals surface area contributed by atoms with Crippen molar-refractivity contribution in [2.24, 2.45) is 16.2 Å². The Morgan fingerprint density at radius 3 is 1.83 bits per heavy atom. The van der Waals surface area contributed by atoms with Gasteiger partial charge in [0.25, 0.3) is 0 Å². The van der Waals surface area contributed by atoms with Gasteiger partial charge in [0.2, 0.25) is 0 Å². The molecule has 2 bridgehead atoms. The number of hydrogen-bond acceptors (Lipinski definition) is 1. The smallest absolute Gasteiger partial charge is 0.0159 e. The van der Waals surface area contributed by atoms with E-state index in [9.17, 15) is 0 Å². The third kappa shape index (κ3) is 0.571. The highest BCUT2D eigenvalue weighted by atomic mass is 14.7. The molecule has 2 aliphatic carbocycles. The second-order valence-corrected chi connectivity index (χ2v) is 5.67. The highest BCUT2D eigenvalue weighted by Crippen LogP contribution is 2.70. The van der Waals surface area contributed by atoms with Gasteiger partial charge < -0.3 is 5.41 Å². The molecule has 0 aromatic heterocycles.